The molecule has 5 nitrogen and oxygen atoms in total. The zero-order valence-electron chi connectivity index (χ0n) is 9.27. The lowest BCUT2D eigenvalue weighted by Gasteiger charge is -2.18. The van der Waals surface area contributed by atoms with Crippen molar-refractivity contribution in [3.05, 3.63) is 39.2 Å². The second-order valence-electron chi connectivity index (χ2n) is 3.77. The minimum atomic E-state index is -0.213. The lowest BCUT2D eigenvalue weighted by molar-refractivity contribution is 0.171. The van der Waals surface area contributed by atoms with Crippen LogP contribution in [-0.4, -0.2) is 23.2 Å². The highest BCUT2D eigenvalue weighted by Crippen LogP contribution is 2.33. The summed E-state index contributed by atoms with van der Waals surface area (Å²) in [6.45, 7) is 1.08. The van der Waals surface area contributed by atoms with Crippen molar-refractivity contribution in [2.45, 2.75) is 0 Å². The summed E-state index contributed by atoms with van der Waals surface area (Å²) in [5, 5.41) is 0. The second-order valence-corrected chi connectivity index (χ2v) is 4.62. The Morgan fingerprint density at radius 3 is 2.78 bits per heavy atom. The Morgan fingerprint density at radius 1 is 1.22 bits per heavy atom. The Kier molecular flexibility index (Phi) is 2.79. The molecule has 0 fully saturated rings. The molecule has 6 heteroatoms. The van der Waals surface area contributed by atoms with Gasteiger partial charge in [0.05, 0.1) is 0 Å². The van der Waals surface area contributed by atoms with Gasteiger partial charge in [-0.1, -0.05) is 0 Å². The van der Waals surface area contributed by atoms with Crippen molar-refractivity contribution in [1.82, 2.24) is 9.97 Å². The fraction of sp³-hybridized carbons (Fsp3) is 0.167. The van der Waals surface area contributed by atoms with E-state index in [-0.39, 0.29) is 5.56 Å². The monoisotopic (exact) mass is 308 g/mol. The molecular weight excluding hydrogens is 300 g/mol. The van der Waals surface area contributed by atoms with Crippen LogP contribution in [0.15, 0.2) is 33.7 Å². The minimum Gasteiger partial charge on any atom is -0.486 e. The smallest absolute Gasteiger partial charge is 0.265 e. The van der Waals surface area contributed by atoms with Gasteiger partial charge in [0.2, 0.25) is 0 Å². The lowest BCUT2D eigenvalue weighted by atomic mass is 10.2. The van der Waals surface area contributed by atoms with Crippen molar-refractivity contribution in [3.63, 3.8) is 0 Å². The third kappa shape index (κ3) is 1.99. The van der Waals surface area contributed by atoms with Crippen LogP contribution in [0.4, 0.5) is 0 Å². The van der Waals surface area contributed by atoms with Gasteiger partial charge in [-0.25, -0.2) is 4.98 Å². The standard InChI is InChI=1S/C12H9BrN2O3/c13-8-6-14-11(15-12(8)16)7-1-2-9-10(5-7)18-4-3-17-9/h1-2,5-6H,3-4H2,(H,14,15,16). The van der Waals surface area contributed by atoms with E-state index in [9.17, 15) is 4.79 Å². The maximum absolute atomic E-state index is 11.5. The summed E-state index contributed by atoms with van der Waals surface area (Å²) in [4.78, 5) is 18.4. The average Bonchev–Trinajstić information content (AvgIpc) is 2.41. The summed E-state index contributed by atoms with van der Waals surface area (Å²) in [6, 6.07) is 5.45. The van der Waals surface area contributed by atoms with E-state index >= 15 is 0 Å². The number of aromatic nitrogens is 2. The van der Waals surface area contributed by atoms with Crippen LogP contribution in [0.1, 0.15) is 0 Å². The van der Waals surface area contributed by atoms with Gasteiger partial charge in [0.15, 0.2) is 11.5 Å². The van der Waals surface area contributed by atoms with Crippen LogP contribution < -0.4 is 15.0 Å². The van der Waals surface area contributed by atoms with Gasteiger partial charge in [-0.05, 0) is 34.1 Å². The van der Waals surface area contributed by atoms with Gasteiger partial charge >= 0.3 is 0 Å². The second kappa shape index (κ2) is 4.45. The molecule has 3 rings (SSSR count). The molecule has 0 amide bonds. The zero-order valence-corrected chi connectivity index (χ0v) is 10.9. The average molecular weight is 309 g/mol. The molecule has 2 heterocycles. The number of hydrogen-bond acceptors (Lipinski definition) is 4. The maximum Gasteiger partial charge on any atom is 0.265 e. The summed E-state index contributed by atoms with van der Waals surface area (Å²) in [5.74, 6) is 1.88. The van der Waals surface area contributed by atoms with E-state index in [1.807, 2.05) is 12.1 Å². The van der Waals surface area contributed by atoms with E-state index in [0.29, 0.717) is 35.0 Å². The van der Waals surface area contributed by atoms with Crippen LogP contribution in [-0.2, 0) is 0 Å². The van der Waals surface area contributed by atoms with Gasteiger partial charge in [0, 0.05) is 11.8 Å². The molecule has 0 unspecified atom stereocenters. The van der Waals surface area contributed by atoms with Crippen LogP contribution in [0.2, 0.25) is 0 Å². The SMILES string of the molecule is O=c1[nH]c(-c2ccc3c(c2)OCCO3)ncc1Br. The number of H-pyrrole nitrogens is 1. The molecule has 1 aliphatic heterocycles. The lowest BCUT2D eigenvalue weighted by Crippen LogP contribution is -2.15. The number of aromatic amines is 1. The van der Waals surface area contributed by atoms with Crippen molar-refractivity contribution in [3.8, 4) is 22.9 Å². The van der Waals surface area contributed by atoms with Crippen LogP contribution >= 0.6 is 15.9 Å². The minimum absolute atomic E-state index is 0.213. The zero-order chi connectivity index (χ0) is 12.5. The number of halogens is 1. The first-order chi connectivity index (χ1) is 8.74. The first-order valence-corrected chi connectivity index (χ1v) is 6.18. The first kappa shape index (κ1) is 11.3. The molecule has 1 N–H and O–H groups in total. The number of nitrogens with zero attached hydrogens (tertiary/aromatic N) is 1. The summed E-state index contributed by atoms with van der Waals surface area (Å²) >= 11 is 3.11. The number of benzene rings is 1. The highest BCUT2D eigenvalue weighted by atomic mass is 79.9. The third-order valence-corrected chi connectivity index (χ3v) is 3.14. The van der Waals surface area contributed by atoms with E-state index in [0.717, 1.165) is 5.56 Å². The fourth-order valence-corrected chi connectivity index (χ4v) is 1.92. The van der Waals surface area contributed by atoms with Crippen LogP contribution in [0.3, 0.4) is 0 Å². The Morgan fingerprint density at radius 2 is 2.00 bits per heavy atom. The third-order valence-electron chi connectivity index (χ3n) is 2.57. The predicted octanol–water partition coefficient (Wildman–Crippen LogP) is 1.97. The molecule has 0 aliphatic carbocycles. The number of fused-ring (bicyclic) bond motifs is 1. The molecule has 1 aromatic heterocycles. The summed E-state index contributed by atoms with van der Waals surface area (Å²) in [5.41, 5.74) is 0.568. The summed E-state index contributed by atoms with van der Waals surface area (Å²) < 4.78 is 11.3. The molecule has 0 saturated carbocycles. The topological polar surface area (TPSA) is 64.2 Å². The molecular formula is C12H9BrN2O3. The van der Waals surface area contributed by atoms with Crippen molar-refractivity contribution in [1.29, 1.82) is 0 Å². The number of nitrogens with one attached hydrogen (secondary N) is 1. The molecule has 0 atom stereocenters. The highest BCUT2D eigenvalue weighted by molar-refractivity contribution is 9.10. The van der Waals surface area contributed by atoms with Crippen molar-refractivity contribution in [2.75, 3.05) is 13.2 Å². The Labute approximate surface area is 111 Å². The Balaban J connectivity index is 2.06. The van der Waals surface area contributed by atoms with Crippen molar-refractivity contribution < 1.29 is 9.47 Å². The molecule has 1 aromatic carbocycles. The van der Waals surface area contributed by atoms with Gasteiger partial charge in [-0.3, -0.25) is 4.79 Å². The summed E-state index contributed by atoms with van der Waals surface area (Å²) in [7, 11) is 0. The Hall–Kier alpha value is -1.82. The largest absolute Gasteiger partial charge is 0.486 e. The van der Waals surface area contributed by atoms with Gasteiger partial charge < -0.3 is 14.5 Å². The van der Waals surface area contributed by atoms with Crippen molar-refractivity contribution >= 4 is 15.9 Å². The van der Waals surface area contributed by atoms with E-state index in [1.165, 1.54) is 6.20 Å². The van der Waals surface area contributed by atoms with Crippen molar-refractivity contribution in [2.24, 2.45) is 0 Å². The van der Waals surface area contributed by atoms with Gasteiger partial charge in [-0.2, -0.15) is 0 Å². The maximum atomic E-state index is 11.5. The quantitative estimate of drug-likeness (QED) is 0.875. The van der Waals surface area contributed by atoms with E-state index in [1.54, 1.807) is 6.07 Å². The predicted molar refractivity (Wildman–Crippen MR) is 69.0 cm³/mol. The van der Waals surface area contributed by atoms with E-state index in [4.69, 9.17) is 9.47 Å². The first-order valence-electron chi connectivity index (χ1n) is 5.39. The van der Waals surface area contributed by atoms with Crippen LogP contribution in [0.25, 0.3) is 11.4 Å². The highest BCUT2D eigenvalue weighted by Gasteiger charge is 2.13. The molecule has 0 radical (unpaired) electrons. The molecule has 18 heavy (non-hydrogen) atoms. The summed E-state index contributed by atoms with van der Waals surface area (Å²) in [6.07, 6.45) is 1.48. The fourth-order valence-electron chi connectivity index (χ4n) is 1.72. The molecule has 0 spiro atoms. The normalized spacial score (nSPS) is 13.4. The van der Waals surface area contributed by atoms with E-state index in [2.05, 4.69) is 25.9 Å². The van der Waals surface area contributed by atoms with Gasteiger partial charge in [-0.15, -0.1) is 0 Å². The molecule has 0 saturated heterocycles. The van der Waals surface area contributed by atoms with E-state index < -0.39 is 0 Å². The van der Waals surface area contributed by atoms with Gasteiger partial charge in [0.1, 0.15) is 23.5 Å². The molecule has 92 valence electrons. The molecule has 2 aromatic rings. The van der Waals surface area contributed by atoms with Crippen LogP contribution in [0.5, 0.6) is 11.5 Å². The molecule has 0 bridgehead atoms. The number of hydrogen-bond donors (Lipinski definition) is 1. The number of ether oxygens (including phenoxy) is 2. The molecule has 1 aliphatic rings. The van der Waals surface area contributed by atoms with Gasteiger partial charge in [0.25, 0.3) is 5.56 Å². The number of rotatable bonds is 1. The van der Waals surface area contributed by atoms with Crippen LogP contribution in [0, 0.1) is 0 Å². The Bertz CT molecular complexity index is 654.